The fraction of sp³-hybridized carbons (Fsp3) is 0.357. The van der Waals surface area contributed by atoms with E-state index in [4.69, 9.17) is 0 Å². The van der Waals surface area contributed by atoms with Gasteiger partial charge in [0.2, 0.25) is 0 Å². The number of aromatic nitrogens is 2. The standard InChI is InChI=1S/C14H17BrFN3/c1-9(11-6-4-5-7-12(11)16)17-8-13-14(15)10(2)18-19(13)3/h4-7,9,17H,8H2,1-3H3. The van der Waals surface area contributed by atoms with Gasteiger partial charge in [0.25, 0.3) is 0 Å². The van der Waals surface area contributed by atoms with Gasteiger partial charge in [-0.15, -0.1) is 0 Å². The summed E-state index contributed by atoms with van der Waals surface area (Å²) in [6, 6.07) is 6.78. The van der Waals surface area contributed by atoms with Crippen LogP contribution in [0, 0.1) is 12.7 Å². The van der Waals surface area contributed by atoms with Gasteiger partial charge in [0.05, 0.1) is 15.9 Å². The lowest BCUT2D eigenvalue weighted by atomic mass is 10.1. The zero-order chi connectivity index (χ0) is 14.0. The Hall–Kier alpha value is -1.20. The Kier molecular flexibility index (Phi) is 4.37. The lowest BCUT2D eigenvalue weighted by Crippen LogP contribution is -2.20. The van der Waals surface area contributed by atoms with Crippen LogP contribution in [0.3, 0.4) is 0 Å². The van der Waals surface area contributed by atoms with Crippen molar-refractivity contribution < 1.29 is 4.39 Å². The summed E-state index contributed by atoms with van der Waals surface area (Å²) in [4.78, 5) is 0. The first-order valence-corrected chi connectivity index (χ1v) is 6.95. The van der Waals surface area contributed by atoms with Gasteiger partial charge in [-0.25, -0.2) is 4.39 Å². The highest BCUT2D eigenvalue weighted by Gasteiger charge is 2.13. The van der Waals surface area contributed by atoms with Crippen molar-refractivity contribution in [3.63, 3.8) is 0 Å². The molecule has 0 aliphatic heterocycles. The molecular weight excluding hydrogens is 309 g/mol. The van der Waals surface area contributed by atoms with Gasteiger partial charge in [0.15, 0.2) is 0 Å². The van der Waals surface area contributed by atoms with Crippen LogP contribution in [0.5, 0.6) is 0 Å². The Morgan fingerprint density at radius 2 is 2.11 bits per heavy atom. The molecule has 2 rings (SSSR count). The molecule has 0 amide bonds. The maximum Gasteiger partial charge on any atom is 0.127 e. The van der Waals surface area contributed by atoms with E-state index in [2.05, 4.69) is 26.3 Å². The molecule has 5 heteroatoms. The molecule has 1 N–H and O–H groups in total. The van der Waals surface area contributed by atoms with Crippen molar-refractivity contribution in [2.45, 2.75) is 26.4 Å². The molecule has 0 aliphatic carbocycles. The first-order valence-electron chi connectivity index (χ1n) is 6.16. The van der Waals surface area contributed by atoms with Crippen LogP contribution in [0.25, 0.3) is 0 Å². The minimum Gasteiger partial charge on any atom is -0.304 e. The van der Waals surface area contributed by atoms with E-state index >= 15 is 0 Å². The SMILES string of the molecule is Cc1nn(C)c(CNC(C)c2ccccc2F)c1Br. The summed E-state index contributed by atoms with van der Waals surface area (Å²) in [6.45, 7) is 4.54. The molecule has 0 bridgehead atoms. The van der Waals surface area contributed by atoms with Crippen molar-refractivity contribution in [2.24, 2.45) is 7.05 Å². The minimum atomic E-state index is -0.178. The van der Waals surface area contributed by atoms with E-state index in [1.807, 2.05) is 31.6 Å². The Morgan fingerprint density at radius 1 is 1.42 bits per heavy atom. The van der Waals surface area contributed by atoms with E-state index in [-0.39, 0.29) is 11.9 Å². The molecular formula is C14H17BrFN3. The van der Waals surface area contributed by atoms with E-state index < -0.39 is 0 Å². The Morgan fingerprint density at radius 3 is 2.68 bits per heavy atom. The number of benzene rings is 1. The third-order valence-electron chi connectivity index (χ3n) is 3.21. The van der Waals surface area contributed by atoms with Crippen LogP contribution in [-0.2, 0) is 13.6 Å². The summed E-state index contributed by atoms with van der Waals surface area (Å²) in [6.07, 6.45) is 0. The second-order valence-electron chi connectivity index (χ2n) is 4.59. The van der Waals surface area contributed by atoms with Crippen LogP contribution in [-0.4, -0.2) is 9.78 Å². The molecule has 0 spiro atoms. The Bertz CT molecular complexity index is 580. The van der Waals surface area contributed by atoms with Gasteiger partial charge < -0.3 is 5.32 Å². The van der Waals surface area contributed by atoms with Gasteiger partial charge in [-0.05, 0) is 35.8 Å². The predicted octanol–water partition coefficient (Wildman–Crippen LogP) is 3.48. The van der Waals surface area contributed by atoms with Crippen LogP contribution < -0.4 is 5.32 Å². The van der Waals surface area contributed by atoms with Gasteiger partial charge in [-0.1, -0.05) is 18.2 Å². The van der Waals surface area contributed by atoms with E-state index in [0.29, 0.717) is 12.1 Å². The zero-order valence-electron chi connectivity index (χ0n) is 11.2. The highest BCUT2D eigenvalue weighted by atomic mass is 79.9. The van der Waals surface area contributed by atoms with Crippen LogP contribution in [0.4, 0.5) is 4.39 Å². The Balaban J connectivity index is 2.09. The van der Waals surface area contributed by atoms with E-state index in [0.717, 1.165) is 15.9 Å². The number of halogens is 2. The minimum absolute atomic E-state index is 0.0525. The van der Waals surface area contributed by atoms with Crippen LogP contribution in [0.1, 0.15) is 29.9 Å². The van der Waals surface area contributed by atoms with Crippen LogP contribution in [0.15, 0.2) is 28.7 Å². The summed E-state index contributed by atoms with van der Waals surface area (Å²) in [5.74, 6) is -0.178. The molecule has 0 saturated heterocycles. The summed E-state index contributed by atoms with van der Waals surface area (Å²) in [5.41, 5.74) is 2.69. The summed E-state index contributed by atoms with van der Waals surface area (Å²) in [7, 11) is 1.91. The van der Waals surface area contributed by atoms with E-state index in [9.17, 15) is 4.39 Å². The normalized spacial score (nSPS) is 12.7. The van der Waals surface area contributed by atoms with Crippen LogP contribution >= 0.6 is 15.9 Å². The predicted molar refractivity (Wildman–Crippen MR) is 77.3 cm³/mol. The van der Waals surface area contributed by atoms with Gasteiger partial charge in [0.1, 0.15) is 5.82 Å². The molecule has 19 heavy (non-hydrogen) atoms. The van der Waals surface area contributed by atoms with E-state index in [1.54, 1.807) is 12.1 Å². The number of nitrogens with one attached hydrogen (secondary N) is 1. The van der Waals surface area contributed by atoms with Crippen LogP contribution in [0.2, 0.25) is 0 Å². The largest absolute Gasteiger partial charge is 0.304 e. The smallest absolute Gasteiger partial charge is 0.127 e. The van der Waals surface area contributed by atoms with Gasteiger partial charge in [-0.2, -0.15) is 5.10 Å². The molecule has 1 unspecified atom stereocenters. The molecule has 1 aromatic carbocycles. The molecule has 2 aromatic rings. The number of aryl methyl sites for hydroxylation is 2. The van der Waals surface area contributed by atoms with Crippen molar-refractivity contribution in [1.82, 2.24) is 15.1 Å². The average Bonchev–Trinajstić information content (AvgIpc) is 2.61. The quantitative estimate of drug-likeness (QED) is 0.932. The topological polar surface area (TPSA) is 29.9 Å². The molecule has 102 valence electrons. The molecule has 3 nitrogen and oxygen atoms in total. The maximum atomic E-state index is 13.7. The van der Waals surface area contributed by atoms with Gasteiger partial charge >= 0.3 is 0 Å². The first kappa shape index (κ1) is 14.2. The molecule has 0 saturated carbocycles. The Labute approximate surface area is 121 Å². The highest BCUT2D eigenvalue weighted by Crippen LogP contribution is 2.22. The highest BCUT2D eigenvalue weighted by molar-refractivity contribution is 9.10. The fourth-order valence-electron chi connectivity index (χ4n) is 2.06. The van der Waals surface area contributed by atoms with Gasteiger partial charge in [-0.3, -0.25) is 4.68 Å². The second kappa shape index (κ2) is 5.84. The van der Waals surface area contributed by atoms with E-state index in [1.165, 1.54) is 6.07 Å². The zero-order valence-corrected chi connectivity index (χ0v) is 12.8. The fourth-order valence-corrected chi connectivity index (χ4v) is 2.53. The third-order valence-corrected chi connectivity index (χ3v) is 4.24. The monoisotopic (exact) mass is 325 g/mol. The molecule has 1 atom stereocenters. The molecule has 0 radical (unpaired) electrons. The molecule has 1 aromatic heterocycles. The molecule has 1 heterocycles. The average molecular weight is 326 g/mol. The summed E-state index contributed by atoms with van der Waals surface area (Å²) in [5, 5.41) is 7.65. The van der Waals surface area contributed by atoms with Crippen molar-refractivity contribution in [3.8, 4) is 0 Å². The first-order chi connectivity index (χ1) is 9.00. The summed E-state index contributed by atoms with van der Waals surface area (Å²) < 4.78 is 16.5. The third kappa shape index (κ3) is 3.04. The van der Waals surface area contributed by atoms with Crippen molar-refractivity contribution >= 4 is 15.9 Å². The van der Waals surface area contributed by atoms with Gasteiger partial charge in [0, 0.05) is 25.2 Å². The van der Waals surface area contributed by atoms with Crippen molar-refractivity contribution in [2.75, 3.05) is 0 Å². The molecule has 0 aliphatic rings. The molecule has 0 fully saturated rings. The van der Waals surface area contributed by atoms with Crippen molar-refractivity contribution in [1.29, 1.82) is 0 Å². The summed E-state index contributed by atoms with van der Waals surface area (Å²) >= 11 is 3.52. The van der Waals surface area contributed by atoms with Crippen molar-refractivity contribution in [3.05, 3.63) is 51.5 Å². The number of hydrogen-bond acceptors (Lipinski definition) is 2. The lowest BCUT2D eigenvalue weighted by molar-refractivity contribution is 0.514. The second-order valence-corrected chi connectivity index (χ2v) is 5.39. The number of hydrogen-bond donors (Lipinski definition) is 1. The number of rotatable bonds is 4. The lowest BCUT2D eigenvalue weighted by Gasteiger charge is -2.15. The maximum absolute atomic E-state index is 13.7. The number of nitrogens with zero attached hydrogens (tertiary/aromatic N) is 2.